The van der Waals surface area contributed by atoms with Crippen molar-refractivity contribution in [1.29, 1.82) is 0 Å². The lowest BCUT2D eigenvalue weighted by Gasteiger charge is -2.24. The van der Waals surface area contributed by atoms with Gasteiger partial charge in [0.25, 0.3) is 5.91 Å². The third kappa shape index (κ3) is 4.23. The number of nitrogens with zero attached hydrogens (tertiary/aromatic N) is 1. The number of aryl methyl sites for hydroxylation is 1. The molecule has 0 heterocycles. The van der Waals surface area contributed by atoms with E-state index < -0.39 is 6.10 Å². The summed E-state index contributed by atoms with van der Waals surface area (Å²) in [5, 5.41) is 2.27. The molecule has 3 heteroatoms. The summed E-state index contributed by atoms with van der Waals surface area (Å²) in [6, 6.07) is 22.3. The molecule has 26 heavy (non-hydrogen) atoms. The van der Waals surface area contributed by atoms with Crippen LogP contribution in [-0.4, -0.2) is 24.0 Å². The zero-order chi connectivity index (χ0) is 18.5. The van der Waals surface area contributed by atoms with E-state index in [1.54, 1.807) is 4.90 Å². The predicted molar refractivity (Wildman–Crippen MR) is 106 cm³/mol. The van der Waals surface area contributed by atoms with E-state index in [9.17, 15) is 4.79 Å². The molecule has 134 valence electrons. The van der Waals surface area contributed by atoms with Gasteiger partial charge >= 0.3 is 0 Å². The average molecular weight is 347 g/mol. The van der Waals surface area contributed by atoms with E-state index in [-0.39, 0.29) is 5.91 Å². The lowest BCUT2D eigenvalue weighted by molar-refractivity contribution is -0.138. The Morgan fingerprint density at radius 3 is 2.38 bits per heavy atom. The Balaban J connectivity index is 1.69. The third-order valence-electron chi connectivity index (χ3n) is 4.56. The normalized spacial score (nSPS) is 12.0. The van der Waals surface area contributed by atoms with Crippen LogP contribution in [0.5, 0.6) is 5.75 Å². The van der Waals surface area contributed by atoms with Crippen molar-refractivity contribution in [2.45, 2.75) is 32.9 Å². The van der Waals surface area contributed by atoms with E-state index in [0.717, 1.165) is 22.1 Å². The Morgan fingerprint density at radius 1 is 1.00 bits per heavy atom. The number of amides is 1. The van der Waals surface area contributed by atoms with Gasteiger partial charge in [-0.1, -0.05) is 67.1 Å². The number of carbonyl (C=O) groups excluding carboxylic acids is 1. The lowest BCUT2D eigenvalue weighted by Crippen LogP contribution is -2.39. The second-order valence-electron chi connectivity index (χ2n) is 6.70. The minimum atomic E-state index is -0.480. The van der Waals surface area contributed by atoms with E-state index in [0.29, 0.717) is 13.0 Å². The molecule has 0 aromatic heterocycles. The summed E-state index contributed by atoms with van der Waals surface area (Å²) in [5.74, 6) is 0.730. The molecular formula is C23H25NO2. The van der Waals surface area contributed by atoms with Gasteiger partial charge in [-0.3, -0.25) is 4.79 Å². The minimum Gasteiger partial charge on any atom is -0.481 e. The van der Waals surface area contributed by atoms with Crippen molar-refractivity contribution in [2.75, 3.05) is 7.05 Å². The molecule has 3 rings (SSSR count). The van der Waals surface area contributed by atoms with Crippen LogP contribution in [0.25, 0.3) is 10.8 Å². The highest BCUT2D eigenvalue weighted by molar-refractivity contribution is 5.84. The van der Waals surface area contributed by atoms with Gasteiger partial charge in [-0.05, 0) is 41.8 Å². The van der Waals surface area contributed by atoms with E-state index in [1.807, 2.05) is 44.3 Å². The van der Waals surface area contributed by atoms with Crippen molar-refractivity contribution in [3.63, 3.8) is 0 Å². The number of hydrogen-bond donors (Lipinski definition) is 0. The third-order valence-corrected chi connectivity index (χ3v) is 4.56. The summed E-state index contributed by atoms with van der Waals surface area (Å²) in [6.07, 6.45) is 0.149. The van der Waals surface area contributed by atoms with E-state index in [1.165, 1.54) is 5.56 Å². The molecule has 0 saturated heterocycles. The molecule has 0 bridgehead atoms. The maximum atomic E-state index is 12.8. The van der Waals surface area contributed by atoms with Crippen molar-refractivity contribution in [1.82, 2.24) is 4.90 Å². The van der Waals surface area contributed by atoms with E-state index >= 15 is 0 Å². The summed E-state index contributed by atoms with van der Waals surface area (Å²) < 4.78 is 6.02. The molecule has 0 fully saturated rings. The molecule has 0 spiro atoms. The number of hydrogen-bond acceptors (Lipinski definition) is 2. The summed E-state index contributed by atoms with van der Waals surface area (Å²) in [6.45, 7) is 4.61. The van der Waals surface area contributed by atoms with Crippen LogP contribution < -0.4 is 4.74 Å². The average Bonchev–Trinajstić information content (AvgIpc) is 2.67. The summed E-state index contributed by atoms with van der Waals surface area (Å²) in [7, 11) is 1.83. The first kappa shape index (κ1) is 18.0. The number of carbonyl (C=O) groups is 1. The molecule has 0 aliphatic rings. The Morgan fingerprint density at radius 2 is 1.69 bits per heavy atom. The van der Waals surface area contributed by atoms with Gasteiger partial charge in [0.1, 0.15) is 5.75 Å². The van der Waals surface area contributed by atoms with Gasteiger partial charge in [0.2, 0.25) is 0 Å². The van der Waals surface area contributed by atoms with Gasteiger partial charge in [-0.15, -0.1) is 0 Å². The van der Waals surface area contributed by atoms with Gasteiger partial charge in [-0.2, -0.15) is 0 Å². The van der Waals surface area contributed by atoms with Crippen LogP contribution in [0.15, 0.2) is 66.7 Å². The van der Waals surface area contributed by atoms with Crippen LogP contribution in [-0.2, 0) is 11.3 Å². The van der Waals surface area contributed by atoms with Crippen molar-refractivity contribution in [3.05, 3.63) is 77.9 Å². The highest BCUT2D eigenvalue weighted by Gasteiger charge is 2.22. The fraction of sp³-hybridized carbons (Fsp3) is 0.261. The van der Waals surface area contributed by atoms with Crippen molar-refractivity contribution in [2.24, 2.45) is 0 Å². The van der Waals surface area contributed by atoms with Gasteiger partial charge in [0, 0.05) is 13.6 Å². The summed E-state index contributed by atoms with van der Waals surface area (Å²) in [5.41, 5.74) is 2.33. The van der Waals surface area contributed by atoms with Crippen molar-refractivity contribution < 1.29 is 9.53 Å². The molecule has 3 aromatic carbocycles. The molecule has 0 N–H and O–H groups in total. The first-order valence-electron chi connectivity index (χ1n) is 9.03. The maximum Gasteiger partial charge on any atom is 0.263 e. The molecule has 0 saturated carbocycles. The Kier molecular flexibility index (Phi) is 5.57. The lowest BCUT2D eigenvalue weighted by atomic mass is 10.1. The van der Waals surface area contributed by atoms with Crippen LogP contribution in [0.3, 0.4) is 0 Å². The molecule has 1 amide bonds. The van der Waals surface area contributed by atoms with Crippen LogP contribution in [0.1, 0.15) is 24.5 Å². The topological polar surface area (TPSA) is 29.5 Å². The van der Waals surface area contributed by atoms with Gasteiger partial charge in [0.05, 0.1) is 0 Å². The first-order valence-corrected chi connectivity index (χ1v) is 9.03. The van der Waals surface area contributed by atoms with Gasteiger partial charge < -0.3 is 9.64 Å². The number of ether oxygens (including phenoxy) is 1. The van der Waals surface area contributed by atoms with Gasteiger partial charge in [-0.25, -0.2) is 0 Å². The number of fused-ring (bicyclic) bond motifs is 1. The fourth-order valence-corrected chi connectivity index (χ4v) is 3.00. The predicted octanol–water partition coefficient (Wildman–Crippen LogP) is 4.96. The quantitative estimate of drug-likeness (QED) is 0.630. The summed E-state index contributed by atoms with van der Waals surface area (Å²) in [4.78, 5) is 14.6. The number of likely N-dealkylation sites (N-methyl/N-ethyl adjacent to an activating group) is 1. The summed E-state index contributed by atoms with van der Waals surface area (Å²) >= 11 is 0. The van der Waals surface area contributed by atoms with E-state index in [2.05, 4.69) is 43.3 Å². The number of benzene rings is 3. The Labute approximate surface area is 155 Å². The minimum absolute atomic E-state index is 0.00114. The maximum absolute atomic E-state index is 12.8. The Bertz CT molecular complexity index is 886. The van der Waals surface area contributed by atoms with Crippen LogP contribution in [0.2, 0.25) is 0 Å². The van der Waals surface area contributed by atoms with Crippen molar-refractivity contribution in [3.8, 4) is 5.75 Å². The molecule has 0 aliphatic heterocycles. The highest BCUT2D eigenvalue weighted by atomic mass is 16.5. The zero-order valence-corrected chi connectivity index (χ0v) is 15.6. The largest absolute Gasteiger partial charge is 0.481 e. The van der Waals surface area contributed by atoms with Gasteiger partial charge in [0.15, 0.2) is 6.10 Å². The fourth-order valence-electron chi connectivity index (χ4n) is 3.00. The second kappa shape index (κ2) is 8.05. The molecule has 3 aromatic rings. The first-order chi connectivity index (χ1) is 12.6. The smallest absolute Gasteiger partial charge is 0.263 e. The highest BCUT2D eigenvalue weighted by Crippen LogP contribution is 2.22. The zero-order valence-electron chi connectivity index (χ0n) is 15.6. The van der Waals surface area contributed by atoms with Crippen LogP contribution in [0, 0.1) is 6.92 Å². The molecule has 1 unspecified atom stereocenters. The standard InChI is InChI=1S/C23H25NO2/c1-4-22(23(25)24(3)16-18-11-9-17(2)10-12-18)26-21-14-13-19-7-5-6-8-20(19)15-21/h5-15,22H,4,16H2,1-3H3. The molecule has 3 nitrogen and oxygen atoms in total. The molecule has 1 atom stereocenters. The van der Waals surface area contributed by atoms with Crippen molar-refractivity contribution >= 4 is 16.7 Å². The number of rotatable bonds is 6. The molecular weight excluding hydrogens is 322 g/mol. The SMILES string of the molecule is CCC(Oc1ccc2ccccc2c1)C(=O)N(C)Cc1ccc(C)cc1. The molecule has 0 aliphatic carbocycles. The van der Waals surface area contributed by atoms with Crippen LogP contribution in [0.4, 0.5) is 0 Å². The van der Waals surface area contributed by atoms with Crippen LogP contribution >= 0.6 is 0 Å². The monoisotopic (exact) mass is 347 g/mol. The second-order valence-corrected chi connectivity index (χ2v) is 6.70. The Hall–Kier alpha value is -2.81. The molecule has 0 radical (unpaired) electrons. The van der Waals surface area contributed by atoms with E-state index in [4.69, 9.17) is 4.74 Å².